The Morgan fingerprint density at radius 3 is 2.09 bits per heavy atom. The molecule has 0 N–H and O–H groups in total. The molecule has 3 rings (SSSR count). The lowest BCUT2D eigenvalue weighted by molar-refractivity contribution is 0.0481. The van der Waals surface area contributed by atoms with Gasteiger partial charge in [-0.1, -0.05) is 46.6 Å². The van der Waals surface area contributed by atoms with Crippen molar-refractivity contribution in [2.75, 3.05) is 11.5 Å². The Balaban J connectivity index is 2.01. The molecule has 0 amide bonds. The second-order valence-corrected chi connectivity index (χ2v) is 4.62. The van der Waals surface area contributed by atoms with Crippen LogP contribution in [0.5, 0.6) is 0 Å². The molecule has 6 nitrogen and oxygen atoms in total. The molecule has 116 valence electrons. The first-order chi connectivity index (χ1) is 11.3. The van der Waals surface area contributed by atoms with Gasteiger partial charge in [0, 0.05) is 0 Å². The molecule has 3 aromatic rings. The van der Waals surface area contributed by atoms with Crippen LogP contribution in [-0.2, 0) is 4.74 Å². The van der Waals surface area contributed by atoms with Gasteiger partial charge in [-0.25, -0.2) is 4.79 Å². The number of ether oxygens (including phenoxy) is 1. The van der Waals surface area contributed by atoms with E-state index in [1.54, 1.807) is 11.8 Å². The highest BCUT2D eigenvalue weighted by Crippen LogP contribution is 2.32. The minimum absolute atomic E-state index is 0.168. The third-order valence-corrected chi connectivity index (χ3v) is 3.08. The lowest BCUT2D eigenvalue weighted by Crippen LogP contribution is -2.10. The molecule has 0 bridgehead atoms. The number of rotatable bonds is 5. The molecule has 0 aliphatic carbocycles. The molecule has 1 heterocycles. The Hall–Kier alpha value is -3.15. The maximum absolute atomic E-state index is 11.7. The number of hydrogen-bond acceptors (Lipinski definition) is 6. The van der Waals surface area contributed by atoms with Crippen LogP contribution in [0, 0.1) is 0 Å². The maximum Gasteiger partial charge on any atom is 0.396 e. The van der Waals surface area contributed by atoms with Crippen LogP contribution in [0.3, 0.4) is 0 Å². The highest BCUT2D eigenvalue weighted by atomic mass is 16.5. The van der Waals surface area contributed by atoms with E-state index in [1.165, 1.54) is 0 Å². The highest BCUT2D eigenvalue weighted by Gasteiger charge is 2.22. The van der Waals surface area contributed by atoms with Crippen molar-refractivity contribution in [1.29, 1.82) is 0 Å². The second kappa shape index (κ2) is 6.74. The van der Waals surface area contributed by atoms with Crippen LogP contribution < -0.4 is 4.90 Å². The van der Waals surface area contributed by atoms with Gasteiger partial charge in [0.05, 0.1) is 18.0 Å². The van der Waals surface area contributed by atoms with Crippen molar-refractivity contribution in [2.24, 2.45) is 0 Å². The van der Waals surface area contributed by atoms with E-state index in [1.807, 2.05) is 60.7 Å². The number of aromatic nitrogens is 2. The molecule has 0 saturated heterocycles. The van der Waals surface area contributed by atoms with Gasteiger partial charge in [-0.3, -0.25) is 4.90 Å². The van der Waals surface area contributed by atoms with Gasteiger partial charge in [0.15, 0.2) is 0 Å². The molecule has 0 unspecified atom stereocenters. The summed E-state index contributed by atoms with van der Waals surface area (Å²) < 4.78 is 10.4. The summed E-state index contributed by atoms with van der Waals surface area (Å²) in [5, 5.41) is 7.75. The molecule has 0 spiro atoms. The predicted octanol–water partition coefficient (Wildman–Crippen LogP) is 3.72. The van der Waals surface area contributed by atoms with Crippen LogP contribution in [0.4, 0.5) is 17.4 Å². The summed E-state index contributed by atoms with van der Waals surface area (Å²) in [6, 6.07) is 19.4. The molecule has 6 heteroatoms. The third-order valence-electron chi connectivity index (χ3n) is 3.08. The van der Waals surface area contributed by atoms with E-state index >= 15 is 0 Å². The first kappa shape index (κ1) is 14.8. The van der Waals surface area contributed by atoms with Crippen molar-refractivity contribution < 1.29 is 13.9 Å². The van der Waals surface area contributed by atoms with Crippen LogP contribution in [0.25, 0.3) is 0 Å². The molecule has 0 atom stereocenters. The molecule has 0 aliphatic heterocycles. The number of carbonyl (C=O) groups excluding carboxylic acids is 1. The summed E-state index contributed by atoms with van der Waals surface area (Å²) in [5.41, 5.74) is 1.69. The smallest absolute Gasteiger partial charge is 0.396 e. The molecule has 1 aromatic heterocycles. The fourth-order valence-corrected chi connectivity index (χ4v) is 2.11. The Labute approximate surface area is 133 Å². The zero-order chi connectivity index (χ0) is 16.1. The van der Waals surface area contributed by atoms with Crippen LogP contribution in [0.2, 0.25) is 0 Å². The standard InChI is InChI=1S/C17H15N3O3/c1-2-22-16(21)15-18-19-17(23-15)20(13-9-5-3-6-10-13)14-11-7-4-8-12-14/h3-12H,2H2,1H3. The number of hydrogen-bond donors (Lipinski definition) is 0. The van der Waals surface area contributed by atoms with Crippen molar-refractivity contribution >= 4 is 23.4 Å². The van der Waals surface area contributed by atoms with Crippen molar-refractivity contribution in [3.8, 4) is 0 Å². The summed E-state index contributed by atoms with van der Waals surface area (Å²) in [6.07, 6.45) is 0. The Morgan fingerprint density at radius 2 is 1.57 bits per heavy atom. The number of esters is 1. The molecular formula is C17H15N3O3. The Bertz CT molecular complexity index is 733. The Kier molecular flexibility index (Phi) is 4.33. The molecule has 0 radical (unpaired) electrons. The van der Waals surface area contributed by atoms with Crippen molar-refractivity contribution in [3.05, 3.63) is 66.6 Å². The SMILES string of the molecule is CCOC(=O)c1nnc(N(c2ccccc2)c2ccccc2)o1. The van der Waals surface area contributed by atoms with Crippen LogP contribution >= 0.6 is 0 Å². The molecule has 23 heavy (non-hydrogen) atoms. The maximum atomic E-state index is 11.7. The van der Waals surface area contributed by atoms with E-state index < -0.39 is 5.97 Å². The van der Waals surface area contributed by atoms with Gasteiger partial charge in [0.25, 0.3) is 0 Å². The van der Waals surface area contributed by atoms with Gasteiger partial charge in [-0.05, 0) is 31.2 Å². The Morgan fingerprint density at radius 1 is 1.00 bits per heavy atom. The van der Waals surface area contributed by atoms with Gasteiger partial charge >= 0.3 is 17.9 Å². The minimum Gasteiger partial charge on any atom is -0.459 e. The minimum atomic E-state index is -0.632. The first-order valence-electron chi connectivity index (χ1n) is 7.20. The number of anilines is 3. The van der Waals surface area contributed by atoms with Gasteiger partial charge in [-0.2, -0.15) is 0 Å². The normalized spacial score (nSPS) is 10.3. The number of benzene rings is 2. The van der Waals surface area contributed by atoms with E-state index in [2.05, 4.69) is 10.2 Å². The summed E-state index contributed by atoms with van der Waals surface area (Å²) >= 11 is 0. The highest BCUT2D eigenvalue weighted by molar-refractivity contribution is 5.84. The predicted molar refractivity (Wildman–Crippen MR) is 84.9 cm³/mol. The van der Waals surface area contributed by atoms with Gasteiger partial charge in [-0.15, -0.1) is 0 Å². The zero-order valence-corrected chi connectivity index (χ0v) is 12.5. The quantitative estimate of drug-likeness (QED) is 0.669. The average molecular weight is 309 g/mol. The molecule has 0 fully saturated rings. The molecule has 2 aromatic carbocycles. The number of para-hydroxylation sites is 2. The van der Waals surface area contributed by atoms with E-state index in [-0.39, 0.29) is 18.5 Å². The molecule has 0 aliphatic rings. The van der Waals surface area contributed by atoms with E-state index in [9.17, 15) is 4.79 Å². The summed E-state index contributed by atoms with van der Waals surface area (Å²) in [7, 11) is 0. The number of nitrogens with zero attached hydrogens (tertiary/aromatic N) is 3. The fraction of sp³-hybridized carbons (Fsp3) is 0.118. The number of carbonyl (C=O) groups is 1. The van der Waals surface area contributed by atoms with Crippen LogP contribution in [0.15, 0.2) is 65.1 Å². The van der Waals surface area contributed by atoms with E-state index in [0.29, 0.717) is 0 Å². The lowest BCUT2D eigenvalue weighted by Gasteiger charge is -2.20. The lowest BCUT2D eigenvalue weighted by atomic mass is 10.2. The van der Waals surface area contributed by atoms with Gasteiger partial charge in [0.1, 0.15) is 0 Å². The third kappa shape index (κ3) is 3.21. The van der Waals surface area contributed by atoms with Gasteiger partial charge in [0.2, 0.25) is 0 Å². The largest absolute Gasteiger partial charge is 0.459 e. The first-order valence-corrected chi connectivity index (χ1v) is 7.20. The average Bonchev–Trinajstić information content (AvgIpc) is 3.07. The van der Waals surface area contributed by atoms with E-state index in [0.717, 1.165) is 11.4 Å². The van der Waals surface area contributed by atoms with Crippen molar-refractivity contribution in [1.82, 2.24) is 10.2 Å². The second-order valence-electron chi connectivity index (χ2n) is 4.62. The zero-order valence-electron chi connectivity index (χ0n) is 12.5. The monoisotopic (exact) mass is 309 g/mol. The van der Waals surface area contributed by atoms with Crippen LogP contribution in [-0.4, -0.2) is 22.8 Å². The summed E-state index contributed by atoms with van der Waals surface area (Å²) in [4.78, 5) is 13.5. The molecule has 0 saturated carbocycles. The van der Waals surface area contributed by atoms with Crippen molar-refractivity contribution in [2.45, 2.75) is 6.92 Å². The van der Waals surface area contributed by atoms with Gasteiger partial charge < -0.3 is 9.15 Å². The van der Waals surface area contributed by atoms with Crippen LogP contribution in [0.1, 0.15) is 17.6 Å². The molecular weight excluding hydrogens is 294 g/mol. The fourth-order valence-electron chi connectivity index (χ4n) is 2.11. The summed E-state index contributed by atoms with van der Waals surface area (Å²) in [5.74, 6) is -0.800. The van der Waals surface area contributed by atoms with Crippen molar-refractivity contribution in [3.63, 3.8) is 0 Å². The summed E-state index contributed by atoms with van der Waals surface area (Å²) in [6.45, 7) is 1.97. The topological polar surface area (TPSA) is 68.5 Å². The van der Waals surface area contributed by atoms with E-state index in [4.69, 9.17) is 9.15 Å².